The van der Waals surface area contributed by atoms with Crippen molar-refractivity contribution < 1.29 is 0 Å². The van der Waals surface area contributed by atoms with Gasteiger partial charge in [0.2, 0.25) is 17.8 Å². The van der Waals surface area contributed by atoms with Crippen LogP contribution in [0.5, 0.6) is 0 Å². The third-order valence-electron chi connectivity index (χ3n) is 3.19. The topological polar surface area (TPSA) is 110 Å². The van der Waals surface area contributed by atoms with E-state index in [9.17, 15) is 0 Å². The fourth-order valence-corrected chi connectivity index (χ4v) is 2.22. The quantitative estimate of drug-likeness (QED) is 0.770. The van der Waals surface area contributed by atoms with Crippen LogP contribution in [0.25, 0.3) is 0 Å². The number of aromatic nitrogens is 4. The summed E-state index contributed by atoms with van der Waals surface area (Å²) in [6, 6.07) is 5.91. The van der Waals surface area contributed by atoms with Gasteiger partial charge in [-0.25, -0.2) is 4.98 Å². The summed E-state index contributed by atoms with van der Waals surface area (Å²) in [5, 5.41) is 0. The van der Waals surface area contributed by atoms with Crippen molar-refractivity contribution in [3.63, 3.8) is 0 Å². The average molecular weight is 272 g/mol. The van der Waals surface area contributed by atoms with Crippen molar-refractivity contribution >= 4 is 23.7 Å². The number of nitrogens with zero attached hydrogens (tertiary/aromatic N) is 6. The van der Waals surface area contributed by atoms with Crippen molar-refractivity contribution in [3.8, 4) is 0 Å². The van der Waals surface area contributed by atoms with Crippen LogP contribution < -0.4 is 21.3 Å². The summed E-state index contributed by atoms with van der Waals surface area (Å²) in [7, 11) is 0. The van der Waals surface area contributed by atoms with Gasteiger partial charge in [0.25, 0.3) is 0 Å². The molecule has 1 aliphatic rings. The number of hydrogen-bond donors (Lipinski definition) is 2. The van der Waals surface area contributed by atoms with Gasteiger partial charge in [0.05, 0.1) is 0 Å². The average Bonchev–Trinajstić information content (AvgIpc) is 2.47. The Bertz CT molecular complexity index is 559. The molecule has 0 unspecified atom stereocenters. The van der Waals surface area contributed by atoms with Gasteiger partial charge in [-0.1, -0.05) is 6.07 Å². The first-order valence-electron chi connectivity index (χ1n) is 6.40. The molecular weight excluding hydrogens is 256 g/mol. The Balaban J connectivity index is 1.69. The van der Waals surface area contributed by atoms with E-state index in [2.05, 4.69) is 24.8 Å². The molecule has 1 aliphatic heterocycles. The molecule has 0 saturated carbocycles. The molecule has 3 heterocycles. The normalized spacial score (nSPS) is 15.4. The van der Waals surface area contributed by atoms with Crippen molar-refractivity contribution in [3.05, 3.63) is 24.4 Å². The largest absolute Gasteiger partial charge is 0.368 e. The third-order valence-corrected chi connectivity index (χ3v) is 3.19. The fraction of sp³-hybridized carbons (Fsp3) is 0.333. The van der Waals surface area contributed by atoms with E-state index in [-0.39, 0.29) is 11.9 Å². The Morgan fingerprint density at radius 3 is 2.10 bits per heavy atom. The van der Waals surface area contributed by atoms with E-state index in [1.54, 1.807) is 6.20 Å². The summed E-state index contributed by atoms with van der Waals surface area (Å²) in [5.74, 6) is 1.83. The molecule has 0 radical (unpaired) electrons. The van der Waals surface area contributed by atoms with Gasteiger partial charge < -0.3 is 21.3 Å². The Morgan fingerprint density at radius 2 is 1.50 bits per heavy atom. The first-order chi connectivity index (χ1) is 9.72. The fourth-order valence-electron chi connectivity index (χ4n) is 2.22. The lowest BCUT2D eigenvalue weighted by molar-refractivity contribution is 0.634. The van der Waals surface area contributed by atoms with Crippen LogP contribution in [0.1, 0.15) is 0 Å². The molecule has 1 fully saturated rings. The van der Waals surface area contributed by atoms with Gasteiger partial charge in [0, 0.05) is 32.4 Å². The second-order valence-electron chi connectivity index (χ2n) is 4.51. The van der Waals surface area contributed by atoms with Crippen LogP contribution in [-0.4, -0.2) is 46.1 Å². The highest BCUT2D eigenvalue weighted by Gasteiger charge is 2.20. The van der Waals surface area contributed by atoms with E-state index < -0.39 is 0 Å². The van der Waals surface area contributed by atoms with Gasteiger partial charge in [-0.15, -0.1) is 0 Å². The molecule has 0 aromatic carbocycles. The van der Waals surface area contributed by atoms with E-state index in [1.807, 2.05) is 23.1 Å². The summed E-state index contributed by atoms with van der Waals surface area (Å²) in [6.07, 6.45) is 1.80. The van der Waals surface area contributed by atoms with Crippen LogP contribution in [0.15, 0.2) is 24.4 Å². The summed E-state index contributed by atoms with van der Waals surface area (Å²) in [6.45, 7) is 3.28. The zero-order valence-electron chi connectivity index (χ0n) is 11.0. The molecule has 0 amide bonds. The molecule has 0 spiro atoms. The molecule has 4 N–H and O–H groups in total. The molecule has 0 atom stereocenters. The molecule has 0 bridgehead atoms. The van der Waals surface area contributed by atoms with Crippen molar-refractivity contribution in [2.75, 3.05) is 47.4 Å². The van der Waals surface area contributed by atoms with E-state index in [4.69, 9.17) is 11.5 Å². The Morgan fingerprint density at radius 1 is 0.850 bits per heavy atom. The maximum atomic E-state index is 5.60. The number of nitrogen functional groups attached to an aromatic ring is 2. The maximum Gasteiger partial charge on any atom is 0.232 e. The predicted molar refractivity (Wildman–Crippen MR) is 77.3 cm³/mol. The number of nitrogens with two attached hydrogens (primary N) is 2. The van der Waals surface area contributed by atoms with Crippen molar-refractivity contribution in [2.45, 2.75) is 0 Å². The van der Waals surface area contributed by atoms with E-state index in [0.29, 0.717) is 5.95 Å². The first-order valence-corrected chi connectivity index (χ1v) is 6.40. The van der Waals surface area contributed by atoms with Gasteiger partial charge in [-0.2, -0.15) is 15.0 Å². The van der Waals surface area contributed by atoms with E-state index >= 15 is 0 Å². The van der Waals surface area contributed by atoms with Crippen molar-refractivity contribution in [1.29, 1.82) is 0 Å². The van der Waals surface area contributed by atoms with Crippen LogP contribution in [0, 0.1) is 0 Å². The minimum atomic E-state index is 0.152. The molecule has 2 aromatic rings. The number of hydrogen-bond acceptors (Lipinski definition) is 8. The van der Waals surface area contributed by atoms with E-state index in [0.717, 1.165) is 32.0 Å². The van der Waals surface area contributed by atoms with Gasteiger partial charge in [-0.3, -0.25) is 0 Å². The SMILES string of the molecule is Nc1nc(N)nc(N2CCN(c3ccccn3)CC2)n1. The lowest BCUT2D eigenvalue weighted by Gasteiger charge is -2.35. The predicted octanol–water partition coefficient (Wildman–Crippen LogP) is -0.242. The first kappa shape index (κ1) is 12.4. The zero-order chi connectivity index (χ0) is 13.9. The molecular formula is C12H16N8. The summed E-state index contributed by atoms with van der Waals surface area (Å²) >= 11 is 0. The summed E-state index contributed by atoms with van der Waals surface area (Å²) in [4.78, 5) is 20.7. The van der Waals surface area contributed by atoms with Crippen LogP contribution in [0.2, 0.25) is 0 Å². The molecule has 2 aromatic heterocycles. The molecule has 8 nitrogen and oxygen atoms in total. The molecule has 1 saturated heterocycles. The number of pyridine rings is 1. The Kier molecular flexibility index (Phi) is 3.20. The van der Waals surface area contributed by atoms with Crippen LogP contribution in [0.3, 0.4) is 0 Å². The molecule has 0 aliphatic carbocycles. The van der Waals surface area contributed by atoms with E-state index in [1.165, 1.54) is 0 Å². The highest BCUT2D eigenvalue weighted by Crippen LogP contribution is 2.16. The summed E-state index contributed by atoms with van der Waals surface area (Å²) in [5.41, 5.74) is 11.2. The smallest absolute Gasteiger partial charge is 0.232 e. The highest BCUT2D eigenvalue weighted by atomic mass is 15.4. The van der Waals surface area contributed by atoms with Gasteiger partial charge in [0.1, 0.15) is 5.82 Å². The second-order valence-corrected chi connectivity index (χ2v) is 4.51. The van der Waals surface area contributed by atoms with Crippen molar-refractivity contribution in [2.24, 2.45) is 0 Å². The molecule has 8 heteroatoms. The van der Waals surface area contributed by atoms with Crippen LogP contribution in [0.4, 0.5) is 23.7 Å². The molecule has 3 rings (SSSR count). The molecule has 20 heavy (non-hydrogen) atoms. The lowest BCUT2D eigenvalue weighted by Crippen LogP contribution is -2.47. The Labute approximate surface area is 116 Å². The number of rotatable bonds is 2. The lowest BCUT2D eigenvalue weighted by atomic mass is 10.3. The Hall–Kier alpha value is -2.64. The summed E-state index contributed by atoms with van der Waals surface area (Å²) < 4.78 is 0. The standard InChI is InChI=1S/C12H16N8/c13-10-16-11(14)18-12(17-10)20-7-5-19(6-8-20)9-3-1-2-4-15-9/h1-4H,5-8H2,(H4,13,14,16,17,18). The highest BCUT2D eigenvalue weighted by molar-refractivity contribution is 5.44. The monoisotopic (exact) mass is 272 g/mol. The zero-order valence-corrected chi connectivity index (χ0v) is 11.0. The molecule has 104 valence electrons. The van der Waals surface area contributed by atoms with Crippen LogP contribution in [-0.2, 0) is 0 Å². The third kappa shape index (κ3) is 2.53. The number of piperazine rings is 1. The van der Waals surface area contributed by atoms with Gasteiger partial charge in [-0.05, 0) is 12.1 Å². The minimum absolute atomic E-state index is 0.152. The van der Waals surface area contributed by atoms with Crippen molar-refractivity contribution in [1.82, 2.24) is 19.9 Å². The van der Waals surface area contributed by atoms with Gasteiger partial charge in [0.15, 0.2) is 0 Å². The second kappa shape index (κ2) is 5.16. The van der Waals surface area contributed by atoms with Crippen LogP contribution >= 0.6 is 0 Å². The number of anilines is 4. The maximum absolute atomic E-state index is 5.60. The minimum Gasteiger partial charge on any atom is -0.368 e. The van der Waals surface area contributed by atoms with Gasteiger partial charge >= 0.3 is 0 Å².